The third-order valence-electron chi connectivity index (χ3n) is 7.96. The van der Waals surface area contributed by atoms with Crippen LogP contribution in [0.15, 0.2) is 78.9 Å². The quantitative estimate of drug-likeness (QED) is 0.373. The summed E-state index contributed by atoms with van der Waals surface area (Å²) < 4.78 is 5.73. The zero-order chi connectivity index (χ0) is 28.8. The molecule has 0 radical (unpaired) electrons. The minimum absolute atomic E-state index is 0.0345. The van der Waals surface area contributed by atoms with Crippen molar-refractivity contribution in [3.63, 3.8) is 0 Å². The van der Waals surface area contributed by atoms with Crippen LogP contribution in [0.25, 0.3) is 0 Å². The molecule has 41 heavy (non-hydrogen) atoms. The Morgan fingerprint density at radius 3 is 2.37 bits per heavy atom. The number of nitrogens with zero attached hydrogens (tertiary/aromatic N) is 3. The fourth-order valence-corrected chi connectivity index (χ4v) is 5.71. The van der Waals surface area contributed by atoms with E-state index in [0.29, 0.717) is 50.5 Å². The maximum Gasteiger partial charge on any atom is 0.253 e. The van der Waals surface area contributed by atoms with Crippen molar-refractivity contribution in [2.75, 3.05) is 43.1 Å². The summed E-state index contributed by atoms with van der Waals surface area (Å²) in [5, 5.41) is 2.92. The Balaban J connectivity index is 1.28. The molecule has 1 spiro atoms. The summed E-state index contributed by atoms with van der Waals surface area (Å²) in [7, 11) is 0. The molecular weight excluding hydrogens is 516 g/mol. The number of nitrogens with one attached hydrogen (secondary N) is 1. The summed E-state index contributed by atoms with van der Waals surface area (Å²) in [5.74, 6) is 0.408. The van der Waals surface area contributed by atoms with Crippen LogP contribution in [-0.2, 0) is 9.59 Å². The lowest BCUT2D eigenvalue weighted by Crippen LogP contribution is -2.57. The summed E-state index contributed by atoms with van der Waals surface area (Å²) in [4.78, 5) is 45.8. The average molecular weight is 555 g/mol. The number of ether oxygens (including phenoxy) is 1. The van der Waals surface area contributed by atoms with Crippen molar-refractivity contribution in [3.05, 3.63) is 90.0 Å². The smallest absolute Gasteiger partial charge is 0.253 e. The molecule has 2 aliphatic rings. The number of unbranched alkanes of at least 4 members (excludes halogenated alkanes) is 1. The number of benzene rings is 3. The van der Waals surface area contributed by atoms with Crippen LogP contribution < -0.4 is 15.0 Å². The summed E-state index contributed by atoms with van der Waals surface area (Å²) in [6.07, 6.45) is 3.03. The van der Waals surface area contributed by atoms with Gasteiger partial charge in [-0.15, -0.1) is 0 Å². The van der Waals surface area contributed by atoms with Gasteiger partial charge in [-0.1, -0.05) is 43.7 Å². The number of hydrogen-bond acceptors (Lipinski definition) is 5. The number of likely N-dealkylation sites (tertiary alicyclic amines) is 1. The largest absolute Gasteiger partial charge is 0.494 e. The summed E-state index contributed by atoms with van der Waals surface area (Å²) in [6.45, 7) is 5.93. The number of anilines is 2. The zero-order valence-corrected chi connectivity index (χ0v) is 23.8. The van der Waals surface area contributed by atoms with Crippen molar-refractivity contribution < 1.29 is 19.1 Å². The van der Waals surface area contributed by atoms with Crippen molar-refractivity contribution in [2.24, 2.45) is 0 Å². The second-order valence-corrected chi connectivity index (χ2v) is 10.9. The van der Waals surface area contributed by atoms with Crippen LogP contribution in [0.3, 0.4) is 0 Å². The molecule has 0 aliphatic carbocycles. The highest BCUT2D eigenvalue weighted by Gasteiger charge is 2.54. The standard InChI is InChI=1S/C33H38N4O4/c1-3-4-21-41-29-15-13-26(14-16-29)31(39)35-19-17-33(18-20-35)32(40)36(24-37(33)28-11-6-5-7-12-28)23-30(38)34-27-10-8-9-25(2)22-27/h5-16,22H,3-4,17-21,23-24H2,1-2H3,(H,34,38). The Kier molecular flexibility index (Phi) is 8.57. The Morgan fingerprint density at radius 1 is 0.951 bits per heavy atom. The molecular formula is C33H38N4O4. The van der Waals surface area contributed by atoms with Gasteiger partial charge in [-0.2, -0.15) is 0 Å². The van der Waals surface area contributed by atoms with E-state index in [1.165, 1.54) is 0 Å². The molecule has 0 atom stereocenters. The Hall–Kier alpha value is -4.33. The van der Waals surface area contributed by atoms with E-state index in [-0.39, 0.29) is 24.3 Å². The number of carbonyl (C=O) groups excluding carboxylic acids is 3. The van der Waals surface area contributed by atoms with Gasteiger partial charge >= 0.3 is 0 Å². The summed E-state index contributed by atoms with van der Waals surface area (Å²) in [5.41, 5.74) is 2.49. The van der Waals surface area contributed by atoms with E-state index in [1.54, 1.807) is 17.0 Å². The molecule has 0 bridgehead atoms. The van der Waals surface area contributed by atoms with Gasteiger partial charge in [-0.05, 0) is 80.3 Å². The van der Waals surface area contributed by atoms with Crippen molar-refractivity contribution in [2.45, 2.75) is 45.1 Å². The van der Waals surface area contributed by atoms with E-state index >= 15 is 0 Å². The van der Waals surface area contributed by atoms with E-state index in [0.717, 1.165) is 29.8 Å². The van der Waals surface area contributed by atoms with Crippen LogP contribution in [0.5, 0.6) is 5.75 Å². The summed E-state index contributed by atoms with van der Waals surface area (Å²) >= 11 is 0. The van der Waals surface area contributed by atoms with Gasteiger partial charge in [0.1, 0.15) is 17.8 Å². The Morgan fingerprint density at radius 2 is 1.68 bits per heavy atom. The predicted octanol–water partition coefficient (Wildman–Crippen LogP) is 5.09. The SMILES string of the molecule is CCCCOc1ccc(C(=O)N2CCC3(CC2)C(=O)N(CC(=O)Nc2cccc(C)c2)CN3c2ccccc2)cc1. The summed E-state index contributed by atoms with van der Waals surface area (Å²) in [6, 6.07) is 24.7. The highest BCUT2D eigenvalue weighted by Crippen LogP contribution is 2.39. The van der Waals surface area contributed by atoms with Crippen molar-refractivity contribution in [1.82, 2.24) is 9.80 Å². The zero-order valence-electron chi connectivity index (χ0n) is 23.8. The highest BCUT2D eigenvalue weighted by atomic mass is 16.5. The second-order valence-electron chi connectivity index (χ2n) is 10.9. The molecule has 1 N–H and O–H groups in total. The number of amides is 3. The molecule has 2 aliphatic heterocycles. The molecule has 3 aromatic rings. The van der Waals surface area contributed by atoms with E-state index in [1.807, 2.05) is 78.6 Å². The third kappa shape index (κ3) is 6.21. The van der Waals surface area contributed by atoms with Crippen LogP contribution >= 0.6 is 0 Å². The van der Waals surface area contributed by atoms with Gasteiger partial charge in [-0.3, -0.25) is 14.4 Å². The maximum absolute atomic E-state index is 14.0. The molecule has 8 nitrogen and oxygen atoms in total. The van der Waals surface area contributed by atoms with Crippen molar-refractivity contribution >= 4 is 29.1 Å². The van der Waals surface area contributed by atoms with Gasteiger partial charge in [0.2, 0.25) is 5.91 Å². The Labute approximate surface area is 241 Å². The minimum atomic E-state index is -0.807. The molecule has 0 unspecified atom stereocenters. The molecule has 3 aromatic carbocycles. The molecule has 2 saturated heterocycles. The normalized spacial score (nSPS) is 16.2. The minimum Gasteiger partial charge on any atom is -0.494 e. The predicted molar refractivity (Wildman–Crippen MR) is 160 cm³/mol. The van der Waals surface area contributed by atoms with Gasteiger partial charge in [0.15, 0.2) is 0 Å². The number of para-hydroxylation sites is 1. The first-order valence-corrected chi connectivity index (χ1v) is 14.4. The van der Waals surface area contributed by atoms with Gasteiger partial charge in [0.25, 0.3) is 11.8 Å². The third-order valence-corrected chi connectivity index (χ3v) is 7.96. The van der Waals surface area contributed by atoms with Crippen LogP contribution in [0.4, 0.5) is 11.4 Å². The molecule has 0 saturated carbocycles. The number of hydrogen-bond donors (Lipinski definition) is 1. The maximum atomic E-state index is 14.0. The fraction of sp³-hybridized carbons (Fsp3) is 0.364. The molecule has 3 amide bonds. The van der Waals surface area contributed by atoms with Gasteiger partial charge in [0, 0.05) is 30.0 Å². The van der Waals surface area contributed by atoms with Gasteiger partial charge in [-0.25, -0.2) is 0 Å². The van der Waals surface area contributed by atoms with Crippen molar-refractivity contribution in [1.29, 1.82) is 0 Å². The van der Waals surface area contributed by atoms with Crippen LogP contribution in [0.2, 0.25) is 0 Å². The first-order chi connectivity index (χ1) is 19.9. The Bertz CT molecular complexity index is 1370. The van der Waals surface area contributed by atoms with Gasteiger partial charge < -0.3 is 24.8 Å². The second kappa shape index (κ2) is 12.5. The number of carbonyl (C=O) groups is 3. The number of aryl methyl sites for hydroxylation is 1. The molecule has 2 heterocycles. The van der Waals surface area contributed by atoms with E-state index < -0.39 is 5.54 Å². The lowest BCUT2D eigenvalue weighted by atomic mass is 9.85. The monoisotopic (exact) mass is 554 g/mol. The topological polar surface area (TPSA) is 82.2 Å². The lowest BCUT2D eigenvalue weighted by molar-refractivity contribution is -0.136. The number of rotatable bonds is 9. The molecule has 8 heteroatoms. The molecule has 0 aromatic heterocycles. The van der Waals surface area contributed by atoms with Crippen molar-refractivity contribution in [3.8, 4) is 5.75 Å². The molecule has 2 fully saturated rings. The first kappa shape index (κ1) is 28.2. The van der Waals surface area contributed by atoms with Crippen LogP contribution in [-0.4, -0.2) is 66.0 Å². The van der Waals surface area contributed by atoms with E-state index in [9.17, 15) is 14.4 Å². The van der Waals surface area contributed by atoms with Gasteiger partial charge in [0.05, 0.1) is 13.3 Å². The first-order valence-electron chi connectivity index (χ1n) is 14.4. The molecule has 5 rings (SSSR count). The average Bonchev–Trinajstić information content (AvgIpc) is 3.24. The van der Waals surface area contributed by atoms with E-state index in [2.05, 4.69) is 17.1 Å². The van der Waals surface area contributed by atoms with E-state index in [4.69, 9.17) is 4.74 Å². The molecule has 214 valence electrons. The lowest BCUT2D eigenvalue weighted by Gasteiger charge is -2.43. The fourth-order valence-electron chi connectivity index (χ4n) is 5.71. The number of piperidine rings is 1. The van der Waals surface area contributed by atoms with Crippen LogP contribution in [0, 0.1) is 6.92 Å². The van der Waals surface area contributed by atoms with Crippen LogP contribution in [0.1, 0.15) is 48.5 Å². The highest BCUT2D eigenvalue weighted by molar-refractivity contribution is 6.00.